The van der Waals surface area contributed by atoms with Crippen LogP contribution in [0.1, 0.15) is 35.3 Å². The maximum Gasteiger partial charge on any atom is 0.416 e. The number of rotatable bonds is 6. The summed E-state index contributed by atoms with van der Waals surface area (Å²) in [6, 6.07) is 3.02. The predicted octanol–water partition coefficient (Wildman–Crippen LogP) is 3.01. The van der Waals surface area contributed by atoms with E-state index in [0.717, 1.165) is 11.4 Å². The monoisotopic (exact) mass is 544 g/mol. The van der Waals surface area contributed by atoms with Crippen LogP contribution >= 0.6 is 0 Å². The SMILES string of the molecule is CCOc1ncc(N2CCc3c(C(F)(F)F)ccc(N4CCN(C(=O)Cn5nc(C)nc5C)CC4)c3C2)cn1. The maximum atomic E-state index is 13.9. The zero-order valence-corrected chi connectivity index (χ0v) is 22.2. The van der Waals surface area contributed by atoms with Gasteiger partial charge >= 0.3 is 12.2 Å². The molecule has 0 unspecified atom stereocenters. The normalized spacial score (nSPS) is 15.9. The maximum absolute atomic E-state index is 13.9. The van der Waals surface area contributed by atoms with E-state index in [9.17, 15) is 18.0 Å². The highest BCUT2D eigenvalue weighted by atomic mass is 19.4. The summed E-state index contributed by atoms with van der Waals surface area (Å²) < 4.78 is 48.7. The first-order chi connectivity index (χ1) is 18.6. The summed E-state index contributed by atoms with van der Waals surface area (Å²) in [5.74, 6) is 1.24. The molecule has 208 valence electrons. The van der Waals surface area contributed by atoms with Gasteiger partial charge in [-0.25, -0.2) is 19.6 Å². The molecular formula is C26H31F3N8O2. The summed E-state index contributed by atoms with van der Waals surface area (Å²) in [5, 5.41) is 4.27. The first-order valence-corrected chi connectivity index (χ1v) is 13.0. The number of benzene rings is 1. The minimum absolute atomic E-state index is 0.0567. The Hall–Kier alpha value is -3.90. The lowest BCUT2D eigenvalue weighted by atomic mass is 9.91. The standard InChI is InChI=1S/C26H31F3N8O2/c1-4-39-25-30-13-19(14-31-25)36-8-7-20-21(15-36)23(6-5-22(20)26(27,28)29)34-9-11-35(12-10-34)24(38)16-37-18(3)32-17(2)33-37/h5-6,13-14H,4,7-12,15-16H2,1-3H3. The van der Waals surface area contributed by atoms with Gasteiger partial charge in [0, 0.05) is 45.0 Å². The van der Waals surface area contributed by atoms with Gasteiger partial charge in [0.25, 0.3) is 0 Å². The van der Waals surface area contributed by atoms with Gasteiger partial charge in [0.15, 0.2) is 0 Å². The molecule has 1 amide bonds. The van der Waals surface area contributed by atoms with Crippen molar-refractivity contribution in [2.45, 2.75) is 46.5 Å². The van der Waals surface area contributed by atoms with Crippen LogP contribution in [0.5, 0.6) is 6.01 Å². The van der Waals surface area contributed by atoms with Crippen LogP contribution in [-0.4, -0.2) is 74.9 Å². The predicted molar refractivity (Wildman–Crippen MR) is 138 cm³/mol. The molecule has 0 saturated carbocycles. The number of piperazine rings is 1. The Morgan fingerprint density at radius 3 is 2.33 bits per heavy atom. The number of halogens is 3. The summed E-state index contributed by atoms with van der Waals surface area (Å²) in [4.78, 5) is 31.4. The average Bonchev–Trinajstić information content (AvgIpc) is 3.23. The molecule has 0 N–H and O–H groups in total. The van der Waals surface area contributed by atoms with E-state index < -0.39 is 11.7 Å². The third-order valence-corrected chi connectivity index (χ3v) is 7.17. The second-order valence-electron chi connectivity index (χ2n) is 9.65. The molecule has 2 aliphatic rings. The Morgan fingerprint density at radius 2 is 1.72 bits per heavy atom. The molecular weight excluding hydrogens is 513 g/mol. The number of aromatic nitrogens is 5. The van der Waals surface area contributed by atoms with Gasteiger partial charge in [-0.2, -0.15) is 18.3 Å². The highest BCUT2D eigenvalue weighted by Crippen LogP contribution is 2.40. The molecule has 0 bridgehead atoms. The van der Waals surface area contributed by atoms with E-state index in [1.807, 2.05) is 18.7 Å². The molecule has 0 atom stereocenters. The molecule has 3 aromatic rings. The third-order valence-electron chi connectivity index (χ3n) is 7.17. The molecule has 4 heterocycles. The molecule has 2 aromatic heterocycles. The van der Waals surface area contributed by atoms with Gasteiger partial charge in [0.05, 0.1) is 30.3 Å². The van der Waals surface area contributed by atoms with Crippen LogP contribution in [-0.2, 0) is 30.5 Å². The highest BCUT2D eigenvalue weighted by Gasteiger charge is 2.37. The lowest BCUT2D eigenvalue weighted by Gasteiger charge is -2.40. The first kappa shape index (κ1) is 26.7. The van der Waals surface area contributed by atoms with Crippen molar-refractivity contribution in [3.05, 3.63) is 52.9 Å². The Morgan fingerprint density at radius 1 is 1.00 bits per heavy atom. The lowest BCUT2D eigenvalue weighted by molar-refractivity contribution is -0.138. The van der Waals surface area contributed by atoms with Crippen LogP contribution < -0.4 is 14.5 Å². The second kappa shape index (κ2) is 10.7. The molecule has 0 aliphatic carbocycles. The summed E-state index contributed by atoms with van der Waals surface area (Å²) in [5.41, 5.74) is 1.89. The quantitative estimate of drug-likeness (QED) is 0.468. The van der Waals surface area contributed by atoms with Crippen molar-refractivity contribution in [1.29, 1.82) is 0 Å². The third kappa shape index (κ3) is 5.62. The fraction of sp³-hybridized carbons (Fsp3) is 0.500. The number of fused-ring (bicyclic) bond motifs is 1. The molecule has 1 aromatic carbocycles. The number of aryl methyl sites for hydroxylation is 2. The summed E-state index contributed by atoms with van der Waals surface area (Å²) >= 11 is 0. The number of alkyl halides is 3. The number of anilines is 2. The Kier molecular flexibility index (Phi) is 7.32. The van der Waals surface area contributed by atoms with Crippen molar-refractivity contribution < 1.29 is 22.7 Å². The van der Waals surface area contributed by atoms with E-state index in [1.165, 1.54) is 6.07 Å². The number of amides is 1. The smallest absolute Gasteiger partial charge is 0.416 e. The van der Waals surface area contributed by atoms with Crippen LogP contribution in [0.3, 0.4) is 0 Å². The van der Waals surface area contributed by atoms with Crippen molar-refractivity contribution in [3.63, 3.8) is 0 Å². The topological polar surface area (TPSA) is 92.5 Å². The molecule has 2 aliphatic heterocycles. The van der Waals surface area contributed by atoms with Gasteiger partial charge in [-0.3, -0.25) is 4.79 Å². The van der Waals surface area contributed by atoms with Gasteiger partial charge in [0.2, 0.25) is 5.91 Å². The van der Waals surface area contributed by atoms with Crippen LogP contribution in [0.25, 0.3) is 0 Å². The number of ether oxygens (including phenoxy) is 1. The minimum Gasteiger partial charge on any atom is -0.464 e. The van der Waals surface area contributed by atoms with Gasteiger partial charge in [-0.15, -0.1) is 0 Å². The van der Waals surface area contributed by atoms with Gasteiger partial charge in [-0.1, -0.05) is 0 Å². The van der Waals surface area contributed by atoms with E-state index in [2.05, 4.69) is 25.0 Å². The Balaban J connectivity index is 1.35. The fourth-order valence-corrected chi connectivity index (χ4v) is 5.25. The van der Waals surface area contributed by atoms with E-state index in [1.54, 1.807) is 35.0 Å². The summed E-state index contributed by atoms with van der Waals surface area (Å²) in [7, 11) is 0. The molecule has 0 spiro atoms. The van der Waals surface area contributed by atoms with E-state index in [4.69, 9.17) is 4.74 Å². The first-order valence-electron chi connectivity index (χ1n) is 13.0. The van der Waals surface area contributed by atoms with Gasteiger partial charge in [-0.05, 0) is 50.5 Å². The number of carbonyl (C=O) groups is 1. The van der Waals surface area contributed by atoms with Crippen LogP contribution in [0.4, 0.5) is 24.5 Å². The average molecular weight is 545 g/mol. The van der Waals surface area contributed by atoms with Crippen LogP contribution in [0.15, 0.2) is 24.5 Å². The number of carbonyl (C=O) groups excluding carboxylic acids is 1. The molecule has 13 heteroatoms. The largest absolute Gasteiger partial charge is 0.464 e. The summed E-state index contributed by atoms with van der Waals surface area (Å²) in [6.07, 6.45) is -0.908. The van der Waals surface area contributed by atoms with Crippen molar-refractivity contribution in [1.82, 2.24) is 29.6 Å². The van der Waals surface area contributed by atoms with Crippen molar-refractivity contribution in [2.75, 3.05) is 49.1 Å². The minimum atomic E-state index is -4.43. The highest BCUT2D eigenvalue weighted by molar-refractivity contribution is 5.76. The van der Waals surface area contributed by atoms with Crippen molar-refractivity contribution >= 4 is 17.3 Å². The molecule has 5 rings (SSSR count). The van der Waals surface area contributed by atoms with Crippen LogP contribution in [0.2, 0.25) is 0 Å². The molecule has 0 radical (unpaired) electrons. The fourth-order valence-electron chi connectivity index (χ4n) is 5.25. The van der Waals surface area contributed by atoms with Gasteiger partial charge < -0.3 is 19.4 Å². The van der Waals surface area contributed by atoms with Crippen molar-refractivity contribution in [3.8, 4) is 6.01 Å². The molecule has 10 nitrogen and oxygen atoms in total. The molecule has 1 saturated heterocycles. The Labute approximate surface area is 224 Å². The van der Waals surface area contributed by atoms with E-state index in [-0.39, 0.29) is 24.9 Å². The second-order valence-corrected chi connectivity index (χ2v) is 9.65. The van der Waals surface area contributed by atoms with E-state index in [0.29, 0.717) is 68.7 Å². The molecule has 1 fully saturated rings. The summed E-state index contributed by atoms with van der Waals surface area (Å²) in [6.45, 7) is 8.68. The van der Waals surface area contributed by atoms with E-state index >= 15 is 0 Å². The molecule has 39 heavy (non-hydrogen) atoms. The zero-order valence-electron chi connectivity index (χ0n) is 22.2. The van der Waals surface area contributed by atoms with Gasteiger partial charge in [0.1, 0.15) is 18.2 Å². The van der Waals surface area contributed by atoms with Crippen molar-refractivity contribution in [2.24, 2.45) is 0 Å². The zero-order chi connectivity index (χ0) is 27.7. The van der Waals surface area contributed by atoms with Crippen LogP contribution in [0, 0.1) is 13.8 Å². The number of hydrogen-bond acceptors (Lipinski definition) is 8. The lowest BCUT2D eigenvalue weighted by Crippen LogP contribution is -2.50. The number of hydrogen-bond donors (Lipinski definition) is 0. The Bertz CT molecular complexity index is 1330. The number of nitrogens with zero attached hydrogens (tertiary/aromatic N) is 8.